The number of halogens is 2. The van der Waals surface area contributed by atoms with Crippen molar-refractivity contribution in [2.45, 2.75) is 30.6 Å². The molecule has 1 N–H and O–H groups in total. The van der Waals surface area contributed by atoms with E-state index in [1.165, 1.54) is 24.6 Å². The zero-order valence-corrected chi connectivity index (χ0v) is 10.7. The van der Waals surface area contributed by atoms with E-state index in [9.17, 15) is 8.78 Å². The van der Waals surface area contributed by atoms with Gasteiger partial charge in [0.05, 0.1) is 0 Å². The Kier molecular flexibility index (Phi) is 4.40. The van der Waals surface area contributed by atoms with Crippen LogP contribution >= 0.6 is 11.8 Å². The molecule has 0 radical (unpaired) electrons. The Labute approximate surface area is 105 Å². The van der Waals surface area contributed by atoms with Gasteiger partial charge in [-0.15, -0.1) is 0 Å². The Bertz CT molecular complexity index is 357. The first kappa shape index (κ1) is 12.8. The molecule has 1 saturated heterocycles. The first-order chi connectivity index (χ1) is 8.24. The molecular formula is C13H17F2NS. The van der Waals surface area contributed by atoms with Crippen LogP contribution in [-0.2, 0) is 0 Å². The largest absolute Gasteiger partial charge is 0.312 e. The average Bonchev–Trinajstić information content (AvgIpc) is 2.35. The number of rotatable bonds is 3. The molecule has 0 amide bonds. The fourth-order valence-electron chi connectivity index (χ4n) is 2.35. The number of benzene rings is 1. The van der Waals surface area contributed by atoms with Crippen molar-refractivity contribution in [3.05, 3.63) is 35.4 Å². The second kappa shape index (κ2) is 5.83. The molecule has 1 aromatic rings. The molecule has 1 fully saturated rings. The first-order valence-corrected chi connectivity index (χ1v) is 7.01. The van der Waals surface area contributed by atoms with E-state index < -0.39 is 11.6 Å². The summed E-state index contributed by atoms with van der Waals surface area (Å²) in [4.78, 5) is 0. The molecule has 2 rings (SSSR count). The van der Waals surface area contributed by atoms with Crippen LogP contribution < -0.4 is 5.32 Å². The molecule has 0 aromatic heterocycles. The molecule has 2 atom stereocenters. The smallest absolute Gasteiger partial charge is 0.130 e. The molecule has 1 aliphatic rings. The van der Waals surface area contributed by atoms with Gasteiger partial charge >= 0.3 is 0 Å². The Morgan fingerprint density at radius 2 is 2.00 bits per heavy atom. The van der Waals surface area contributed by atoms with Gasteiger partial charge in [-0.05, 0) is 37.8 Å². The zero-order chi connectivity index (χ0) is 12.3. The van der Waals surface area contributed by atoms with E-state index in [0.29, 0.717) is 0 Å². The maximum absolute atomic E-state index is 13.8. The minimum Gasteiger partial charge on any atom is -0.312 e. The minimum absolute atomic E-state index is 0.189. The summed E-state index contributed by atoms with van der Waals surface area (Å²) in [5, 5.41) is 3.33. The van der Waals surface area contributed by atoms with Crippen LogP contribution in [0.3, 0.4) is 0 Å². The minimum atomic E-state index is -0.449. The molecule has 4 heteroatoms. The maximum atomic E-state index is 13.8. The Hall–Kier alpha value is -0.610. The van der Waals surface area contributed by atoms with Crippen LogP contribution in [-0.4, -0.2) is 18.1 Å². The van der Waals surface area contributed by atoms with Gasteiger partial charge in [-0.25, -0.2) is 8.78 Å². The Morgan fingerprint density at radius 3 is 2.53 bits per heavy atom. The van der Waals surface area contributed by atoms with Gasteiger partial charge in [0, 0.05) is 16.9 Å². The lowest BCUT2D eigenvalue weighted by Gasteiger charge is -2.30. The quantitative estimate of drug-likeness (QED) is 0.889. The zero-order valence-electron chi connectivity index (χ0n) is 9.88. The molecule has 2 unspecified atom stereocenters. The summed E-state index contributed by atoms with van der Waals surface area (Å²) in [6.07, 6.45) is 3.37. The van der Waals surface area contributed by atoms with E-state index in [2.05, 4.69) is 5.32 Å². The third-order valence-corrected chi connectivity index (χ3v) is 4.67. The molecule has 0 saturated carbocycles. The predicted molar refractivity (Wildman–Crippen MR) is 68.3 cm³/mol. The van der Waals surface area contributed by atoms with Crippen molar-refractivity contribution < 1.29 is 8.78 Å². The molecule has 94 valence electrons. The van der Waals surface area contributed by atoms with Crippen molar-refractivity contribution in [2.24, 2.45) is 0 Å². The van der Waals surface area contributed by atoms with Crippen LogP contribution in [0.15, 0.2) is 18.2 Å². The van der Waals surface area contributed by atoms with Crippen molar-refractivity contribution in [1.82, 2.24) is 5.32 Å². The lowest BCUT2D eigenvalue weighted by molar-refractivity contribution is 0.459. The van der Waals surface area contributed by atoms with Crippen LogP contribution in [0.5, 0.6) is 0 Å². The third kappa shape index (κ3) is 2.80. The van der Waals surface area contributed by atoms with E-state index in [4.69, 9.17) is 0 Å². The van der Waals surface area contributed by atoms with Gasteiger partial charge < -0.3 is 5.32 Å². The highest BCUT2D eigenvalue weighted by molar-refractivity contribution is 8.00. The fraction of sp³-hybridized carbons (Fsp3) is 0.538. The first-order valence-electron chi connectivity index (χ1n) is 5.97. The van der Waals surface area contributed by atoms with E-state index in [-0.39, 0.29) is 16.9 Å². The summed E-state index contributed by atoms with van der Waals surface area (Å²) in [7, 11) is 1.77. The van der Waals surface area contributed by atoms with Crippen LogP contribution in [0.4, 0.5) is 8.78 Å². The molecule has 1 nitrogen and oxygen atoms in total. The molecule has 0 spiro atoms. The van der Waals surface area contributed by atoms with Crippen molar-refractivity contribution in [3.63, 3.8) is 0 Å². The van der Waals surface area contributed by atoms with Crippen LogP contribution in [0, 0.1) is 11.6 Å². The molecule has 1 aromatic carbocycles. The van der Waals surface area contributed by atoms with E-state index in [0.717, 1.165) is 18.6 Å². The van der Waals surface area contributed by atoms with Crippen LogP contribution in [0.1, 0.15) is 30.9 Å². The van der Waals surface area contributed by atoms with Gasteiger partial charge in [0.1, 0.15) is 11.6 Å². The summed E-state index contributed by atoms with van der Waals surface area (Å²) in [5.41, 5.74) is 0.189. The highest BCUT2D eigenvalue weighted by atomic mass is 32.2. The Morgan fingerprint density at radius 1 is 1.29 bits per heavy atom. The fourth-order valence-corrected chi connectivity index (χ4v) is 3.82. The van der Waals surface area contributed by atoms with Crippen molar-refractivity contribution >= 4 is 11.8 Å². The highest BCUT2D eigenvalue weighted by Gasteiger charge is 2.28. The second-order valence-corrected chi connectivity index (χ2v) is 5.65. The molecule has 1 heterocycles. The SMILES string of the molecule is CNC(c1c(F)cccc1F)C1CCCCS1. The summed E-state index contributed by atoms with van der Waals surface area (Å²) < 4.78 is 27.5. The third-order valence-electron chi connectivity index (χ3n) is 3.21. The predicted octanol–water partition coefficient (Wildman–Crippen LogP) is 3.51. The van der Waals surface area contributed by atoms with Gasteiger partial charge in [-0.2, -0.15) is 11.8 Å². The van der Waals surface area contributed by atoms with E-state index in [1.54, 1.807) is 7.05 Å². The molecule has 0 aliphatic carbocycles. The summed E-state index contributed by atoms with van der Waals surface area (Å²) >= 11 is 1.81. The van der Waals surface area contributed by atoms with E-state index in [1.807, 2.05) is 11.8 Å². The van der Waals surface area contributed by atoms with Gasteiger partial charge in [0.25, 0.3) is 0 Å². The van der Waals surface area contributed by atoms with E-state index >= 15 is 0 Å². The highest BCUT2D eigenvalue weighted by Crippen LogP contribution is 2.36. The lowest BCUT2D eigenvalue weighted by Crippen LogP contribution is -2.31. The summed E-state index contributed by atoms with van der Waals surface area (Å²) in [5.74, 6) is 0.185. The standard InChI is InChI=1S/C13H17F2NS/c1-16-13(11-7-2-3-8-17-11)12-9(14)5-4-6-10(12)15/h4-6,11,13,16H,2-3,7-8H2,1H3. The van der Waals surface area contributed by atoms with Crippen molar-refractivity contribution in [3.8, 4) is 0 Å². The van der Waals surface area contributed by atoms with Crippen LogP contribution in [0.25, 0.3) is 0 Å². The number of hydrogen-bond acceptors (Lipinski definition) is 2. The average molecular weight is 257 g/mol. The number of hydrogen-bond donors (Lipinski definition) is 1. The molecule has 17 heavy (non-hydrogen) atoms. The summed E-state index contributed by atoms with van der Waals surface area (Å²) in [6, 6.07) is 3.84. The maximum Gasteiger partial charge on any atom is 0.130 e. The monoisotopic (exact) mass is 257 g/mol. The summed E-state index contributed by atoms with van der Waals surface area (Å²) in [6.45, 7) is 0. The molecule has 0 bridgehead atoms. The normalized spacial score (nSPS) is 22.4. The van der Waals surface area contributed by atoms with Crippen LogP contribution in [0.2, 0.25) is 0 Å². The van der Waals surface area contributed by atoms with Gasteiger partial charge in [0.15, 0.2) is 0 Å². The number of nitrogens with one attached hydrogen (secondary N) is 1. The van der Waals surface area contributed by atoms with Crippen molar-refractivity contribution in [2.75, 3.05) is 12.8 Å². The topological polar surface area (TPSA) is 12.0 Å². The lowest BCUT2D eigenvalue weighted by atomic mass is 9.98. The van der Waals surface area contributed by atoms with Gasteiger partial charge in [-0.3, -0.25) is 0 Å². The molecular weight excluding hydrogens is 240 g/mol. The van der Waals surface area contributed by atoms with Gasteiger partial charge in [0.2, 0.25) is 0 Å². The number of thioether (sulfide) groups is 1. The second-order valence-electron chi connectivity index (χ2n) is 4.31. The van der Waals surface area contributed by atoms with Crippen molar-refractivity contribution in [1.29, 1.82) is 0 Å². The van der Waals surface area contributed by atoms with Gasteiger partial charge in [-0.1, -0.05) is 12.5 Å². The Balaban J connectivity index is 2.27. The molecule has 1 aliphatic heterocycles.